The summed E-state index contributed by atoms with van der Waals surface area (Å²) in [5.74, 6) is -1.32. The Balaban J connectivity index is 1.36. The normalized spacial score (nSPS) is 32.5. The van der Waals surface area contributed by atoms with E-state index in [-0.39, 0.29) is 42.5 Å². The van der Waals surface area contributed by atoms with Crippen LogP contribution >= 0.6 is 0 Å². The zero-order chi connectivity index (χ0) is 16.9. The zero-order valence-electron chi connectivity index (χ0n) is 13.9. The van der Waals surface area contributed by atoms with Crippen LogP contribution in [0.1, 0.15) is 43.2 Å². The molecule has 2 saturated carbocycles. The minimum absolute atomic E-state index is 0.0326. The van der Waals surface area contributed by atoms with E-state index in [4.69, 9.17) is 4.42 Å². The first-order chi connectivity index (χ1) is 11.4. The second-order valence-electron chi connectivity index (χ2n) is 7.57. The number of hydrogen-bond donors (Lipinski definition) is 1. The summed E-state index contributed by atoms with van der Waals surface area (Å²) in [7, 11) is 0. The Morgan fingerprint density at radius 2 is 2.00 bits per heavy atom. The second kappa shape index (κ2) is 5.83. The molecule has 0 aromatic carbocycles. The van der Waals surface area contributed by atoms with Crippen molar-refractivity contribution in [2.45, 2.75) is 44.6 Å². The molecule has 0 bridgehead atoms. The van der Waals surface area contributed by atoms with Crippen molar-refractivity contribution < 1.29 is 18.0 Å². The van der Waals surface area contributed by atoms with Crippen molar-refractivity contribution in [1.29, 1.82) is 0 Å². The lowest BCUT2D eigenvalue weighted by atomic mass is 10.1. The zero-order valence-corrected chi connectivity index (χ0v) is 13.9. The summed E-state index contributed by atoms with van der Waals surface area (Å²) in [4.78, 5) is 14.7. The molecule has 4 nitrogen and oxygen atoms in total. The number of carbonyl (C=O) groups excluding carboxylic acids is 1. The Labute approximate surface area is 140 Å². The summed E-state index contributed by atoms with van der Waals surface area (Å²) in [6.07, 6.45) is 2.07. The van der Waals surface area contributed by atoms with Gasteiger partial charge in [-0.2, -0.15) is 0 Å². The van der Waals surface area contributed by atoms with Gasteiger partial charge in [-0.3, -0.25) is 9.69 Å². The molecule has 0 spiro atoms. The molecule has 1 aromatic rings. The average molecular weight is 338 g/mol. The summed E-state index contributed by atoms with van der Waals surface area (Å²) >= 11 is 0. The number of aryl methyl sites for hydroxylation is 1. The number of halogens is 2. The molecule has 132 valence electrons. The second-order valence-corrected chi connectivity index (χ2v) is 7.57. The van der Waals surface area contributed by atoms with E-state index in [0.717, 1.165) is 37.5 Å². The van der Waals surface area contributed by atoms with E-state index in [1.165, 1.54) is 0 Å². The number of nitrogens with zero attached hydrogens (tertiary/aromatic N) is 1. The molecule has 1 saturated heterocycles. The smallest absolute Gasteiger partial charge is 0.248 e. The van der Waals surface area contributed by atoms with Crippen LogP contribution in [0.3, 0.4) is 0 Å². The number of likely N-dealkylation sites (tertiary alicyclic amines) is 1. The van der Waals surface area contributed by atoms with Crippen molar-refractivity contribution in [3.8, 4) is 0 Å². The number of rotatable bonds is 5. The van der Waals surface area contributed by atoms with Crippen LogP contribution in [0.15, 0.2) is 16.5 Å². The quantitative estimate of drug-likeness (QED) is 0.897. The lowest BCUT2D eigenvalue weighted by Gasteiger charge is -2.26. The Morgan fingerprint density at radius 3 is 2.58 bits per heavy atom. The third-order valence-corrected chi connectivity index (χ3v) is 5.84. The lowest BCUT2D eigenvalue weighted by Crippen LogP contribution is -2.38. The van der Waals surface area contributed by atoms with Crippen LogP contribution in [0.25, 0.3) is 0 Å². The monoisotopic (exact) mass is 338 g/mol. The van der Waals surface area contributed by atoms with Gasteiger partial charge in [0, 0.05) is 25.3 Å². The first-order valence-corrected chi connectivity index (χ1v) is 8.90. The van der Waals surface area contributed by atoms with Gasteiger partial charge in [-0.25, -0.2) is 8.78 Å². The van der Waals surface area contributed by atoms with Gasteiger partial charge in [-0.15, -0.1) is 0 Å². The van der Waals surface area contributed by atoms with Gasteiger partial charge in [-0.1, -0.05) is 0 Å². The third-order valence-electron chi connectivity index (χ3n) is 5.84. The van der Waals surface area contributed by atoms with Crippen LogP contribution in [-0.4, -0.2) is 36.4 Å². The molecule has 3 fully saturated rings. The average Bonchev–Trinajstić information content (AvgIpc) is 3.00. The summed E-state index contributed by atoms with van der Waals surface area (Å²) in [5.41, 5.74) is 0. The molecule has 1 aliphatic heterocycles. The number of furan rings is 1. The molecular formula is C18H24F2N2O2. The fraction of sp³-hybridized carbons (Fsp3) is 0.722. The topological polar surface area (TPSA) is 45.5 Å². The maximum absolute atomic E-state index is 13.3. The Kier molecular flexibility index (Phi) is 3.90. The predicted molar refractivity (Wildman–Crippen MR) is 84.7 cm³/mol. The molecule has 2 unspecified atom stereocenters. The molecule has 1 aromatic heterocycles. The van der Waals surface area contributed by atoms with Gasteiger partial charge in [0.1, 0.15) is 11.5 Å². The van der Waals surface area contributed by atoms with Crippen molar-refractivity contribution in [2.24, 2.45) is 17.8 Å². The maximum Gasteiger partial charge on any atom is 0.248 e. The molecule has 6 heteroatoms. The summed E-state index contributed by atoms with van der Waals surface area (Å²) in [6.45, 7) is 4.40. The Bertz CT molecular complexity index is 610. The SMILES string of the molecule is Cc1ccc(C(CNC(=O)C2[C@H]3CC(F)(F)C[C@@H]23)N2CCCC2)o1. The van der Waals surface area contributed by atoms with Gasteiger partial charge in [0.15, 0.2) is 0 Å². The number of fused-ring (bicyclic) bond motifs is 1. The number of amides is 1. The van der Waals surface area contributed by atoms with E-state index in [1.54, 1.807) is 0 Å². The molecule has 24 heavy (non-hydrogen) atoms. The molecule has 1 amide bonds. The van der Waals surface area contributed by atoms with Crippen molar-refractivity contribution in [2.75, 3.05) is 19.6 Å². The minimum atomic E-state index is -2.56. The van der Waals surface area contributed by atoms with Gasteiger partial charge in [0.05, 0.1) is 6.04 Å². The maximum atomic E-state index is 13.3. The van der Waals surface area contributed by atoms with E-state index in [0.29, 0.717) is 6.54 Å². The molecular weight excluding hydrogens is 314 g/mol. The van der Waals surface area contributed by atoms with Crippen LogP contribution in [0, 0.1) is 24.7 Å². The van der Waals surface area contributed by atoms with Crippen LogP contribution in [0.4, 0.5) is 8.78 Å². The predicted octanol–water partition coefficient (Wildman–Crippen LogP) is 3.13. The highest BCUT2D eigenvalue weighted by molar-refractivity contribution is 5.82. The van der Waals surface area contributed by atoms with Crippen molar-refractivity contribution in [3.05, 3.63) is 23.7 Å². The molecule has 1 N–H and O–H groups in total. The van der Waals surface area contributed by atoms with Crippen LogP contribution in [0.2, 0.25) is 0 Å². The lowest BCUT2D eigenvalue weighted by molar-refractivity contribution is -0.124. The van der Waals surface area contributed by atoms with E-state index in [1.807, 2.05) is 19.1 Å². The number of hydrogen-bond acceptors (Lipinski definition) is 3. The molecule has 2 aliphatic carbocycles. The highest BCUT2D eigenvalue weighted by Crippen LogP contribution is 2.62. The molecule has 4 atom stereocenters. The van der Waals surface area contributed by atoms with Crippen molar-refractivity contribution in [1.82, 2.24) is 10.2 Å². The summed E-state index contributed by atoms with van der Waals surface area (Å²) in [5, 5.41) is 3.00. The Morgan fingerprint density at radius 1 is 1.33 bits per heavy atom. The molecule has 0 radical (unpaired) electrons. The Hall–Kier alpha value is -1.43. The van der Waals surface area contributed by atoms with Gasteiger partial charge >= 0.3 is 0 Å². The number of nitrogens with one attached hydrogen (secondary N) is 1. The fourth-order valence-electron chi connectivity index (χ4n) is 4.57. The largest absolute Gasteiger partial charge is 0.465 e. The van der Waals surface area contributed by atoms with Crippen molar-refractivity contribution in [3.63, 3.8) is 0 Å². The van der Waals surface area contributed by atoms with Gasteiger partial charge in [-0.05, 0) is 56.8 Å². The number of alkyl halides is 2. The standard InChI is InChI=1S/C18H24F2N2O2/c1-11-4-5-15(24-11)14(22-6-2-3-7-22)10-21-17(23)16-12-8-18(19,20)9-13(12)16/h4-5,12-14,16H,2-3,6-10H2,1H3,(H,21,23)/t12-,13+,14?,16?. The molecule has 3 aliphatic rings. The van der Waals surface area contributed by atoms with Crippen molar-refractivity contribution >= 4 is 5.91 Å². The summed E-state index contributed by atoms with van der Waals surface area (Å²) < 4.78 is 32.3. The van der Waals surface area contributed by atoms with E-state index < -0.39 is 5.92 Å². The van der Waals surface area contributed by atoms with Gasteiger partial charge in [0.25, 0.3) is 0 Å². The summed E-state index contributed by atoms with van der Waals surface area (Å²) in [6, 6.07) is 3.94. The highest BCUT2D eigenvalue weighted by Gasteiger charge is 2.65. The minimum Gasteiger partial charge on any atom is -0.465 e. The fourth-order valence-corrected chi connectivity index (χ4v) is 4.57. The van der Waals surface area contributed by atoms with E-state index in [2.05, 4.69) is 10.2 Å². The molecule has 2 heterocycles. The van der Waals surface area contributed by atoms with E-state index in [9.17, 15) is 13.6 Å². The first-order valence-electron chi connectivity index (χ1n) is 8.90. The highest BCUT2D eigenvalue weighted by atomic mass is 19.3. The van der Waals surface area contributed by atoms with Crippen LogP contribution in [0.5, 0.6) is 0 Å². The third kappa shape index (κ3) is 2.96. The molecule has 4 rings (SSSR count). The van der Waals surface area contributed by atoms with Crippen LogP contribution < -0.4 is 5.32 Å². The first kappa shape index (κ1) is 16.1. The van der Waals surface area contributed by atoms with E-state index >= 15 is 0 Å². The van der Waals surface area contributed by atoms with Gasteiger partial charge < -0.3 is 9.73 Å². The van der Waals surface area contributed by atoms with Gasteiger partial charge in [0.2, 0.25) is 11.8 Å². The van der Waals surface area contributed by atoms with Crippen LogP contribution in [-0.2, 0) is 4.79 Å². The number of carbonyl (C=O) groups is 1.